The molecule has 1 unspecified atom stereocenters. The van der Waals surface area contributed by atoms with Crippen LogP contribution >= 0.6 is 0 Å². The highest BCUT2D eigenvalue weighted by Gasteiger charge is 2.27. The summed E-state index contributed by atoms with van der Waals surface area (Å²) in [6.45, 7) is 9.97. The van der Waals surface area contributed by atoms with E-state index in [2.05, 4.69) is 29.4 Å². The van der Waals surface area contributed by atoms with Gasteiger partial charge in [-0.2, -0.15) is 0 Å². The highest BCUT2D eigenvalue weighted by atomic mass is 16.6. The SMILES string of the molecule is CCc1ccc(NC(N)=NCCC2CCCN(C(=O)OC(C)(C)C)C2)cc1. The van der Waals surface area contributed by atoms with Crippen LogP contribution in [0.3, 0.4) is 0 Å². The number of likely N-dealkylation sites (tertiary alicyclic amines) is 1. The number of guanidine groups is 1. The molecule has 1 amide bonds. The van der Waals surface area contributed by atoms with Crippen molar-refractivity contribution >= 4 is 17.7 Å². The van der Waals surface area contributed by atoms with Crippen molar-refractivity contribution in [1.29, 1.82) is 0 Å². The molecule has 27 heavy (non-hydrogen) atoms. The Morgan fingerprint density at radius 2 is 2.04 bits per heavy atom. The number of rotatable bonds is 5. The molecule has 0 spiro atoms. The van der Waals surface area contributed by atoms with Gasteiger partial charge in [-0.05, 0) is 70.1 Å². The summed E-state index contributed by atoms with van der Waals surface area (Å²) in [5.74, 6) is 0.866. The summed E-state index contributed by atoms with van der Waals surface area (Å²) in [4.78, 5) is 18.5. The van der Waals surface area contributed by atoms with Crippen LogP contribution in [0.15, 0.2) is 29.3 Å². The zero-order chi connectivity index (χ0) is 19.9. The molecule has 2 rings (SSSR count). The van der Waals surface area contributed by atoms with Gasteiger partial charge in [-0.25, -0.2) is 4.79 Å². The van der Waals surface area contributed by atoms with Crippen LogP contribution in [0.4, 0.5) is 10.5 Å². The first kappa shape index (κ1) is 21.1. The minimum Gasteiger partial charge on any atom is -0.444 e. The molecule has 0 radical (unpaired) electrons. The quantitative estimate of drug-likeness (QED) is 0.603. The molecule has 6 heteroatoms. The first-order valence-electron chi connectivity index (χ1n) is 9.90. The second-order valence-electron chi connectivity index (χ2n) is 8.17. The molecule has 0 bridgehead atoms. The third-order valence-corrected chi connectivity index (χ3v) is 4.62. The summed E-state index contributed by atoms with van der Waals surface area (Å²) in [6.07, 6.45) is 3.83. The maximum atomic E-state index is 12.2. The lowest BCUT2D eigenvalue weighted by atomic mass is 9.95. The van der Waals surface area contributed by atoms with Gasteiger partial charge >= 0.3 is 6.09 Å². The van der Waals surface area contributed by atoms with Crippen LogP contribution in [0.1, 0.15) is 52.5 Å². The van der Waals surface area contributed by atoms with Gasteiger partial charge < -0.3 is 20.7 Å². The molecule has 1 fully saturated rings. The molecule has 6 nitrogen and oxygen atoms in total. The van der Waals surface area contributed by atoms with Crippen LogP contribution in [-0.4, -0.2) is 42.2 Å². The van der Waals surface area contributed by atoms with Crippen molar-refractivity contribution in [2.75, 3.05) is 25.0 Å². The van der Waals surface area contributed by atoms with Gasteiger partial charge in [0.15, 0.2) is 5.96 Å². The van der Waals surface area contributed by atoms with Gasteiger partial charge in [-0.1, -0.05) is 19.1 Å². The first-order chi connectivity index (χ1) is 12.8. The number of hydrogen-bond acceptors (Lipinski definition) is 3. The molecule has 1 aliphatic heterocycles. The number of aryl methyl sites for hydroxylation is 1. The molecule has 0 aliphatic carbocycles. The number of amides is 1. The molecule has 1 saturated heterocycles. The minimum atomic E-state index is -0.455. The largest absolute Gasteiger partial charge is 0.444 e. The Labute approximate surface area is 163 Å². The summed E-state index contributed by atoms with van der Waals surface area (Å²) in [6, 6.07) is 8.20. The molecule has 0 aromatic heterocycles. The van der Waals surface area contributed by atoms with Crippen LogP contribution in [0.2, 0.25) is 0 Å². The zero-order valence-electron chi connectivity index (χ0n) is 17.1. The lowest BCUT2D eigenvalue weighted by Gasteiger charge is -2.34. The molecular formula is C21H34N4O2. The third-order valence-electron chi connectivity index (χ3n) is 4.62. The van der Waals surface area contributed by atoms with E-state index in [9.17, 15) is 4.79 Å². The van der Waals surface area contributed by atoms with E-state index in [1.807, 2.05) is 37.8 Å². The zero-order valence-corrected chi connectivity index (χ0v) is 17.1. The number of carbonyl (C=O) groups is 1. The fourth-order valence-electron chi connectivity index (χ4n) is 3.17. The Kier molecular flexibility index (Phi) is 7.51. The highest BCUT2D eigenvalue weighted by molar-refractivity contribution is 5.92. The topological polar surface area (TPSA) is 80.0 Å². The van der Waals surface area contributed by atoms with Gasteiger partial charge in [0.1, 0.15) is 5.60 Å². The lowest BCUT2D eigenvalue weighted by Crippen LogP contribution is -2.43. The molecule has 3 N–H and O–H groups in total. The monoisotopic (exact) mass is 374 g/mol. The molecule has 150 valence electrons. The number of carbonyl (C=O) groups excluding carboxylic acids is 1. The van der Waals surface area contributed by atoms with E-state index in [0.717, 1.165) is 44.5 Å². The Balaban J connectivity index is 1.77. The fraction of sp³-hybridized carbons (Fsp3) is 0.619. The van der Waals surface area contributed by atoms with E-state index in [0.29, 0.717) is 18.4 Å². The first-order valence-corrected chi connectivity index (χ1v) is 9.90. The van der Waals surface area contributed by atoms with Crippen molar-refractivity contribution in [3.8, 4) is 0 Å². The van der Waals surface area contributed by atoms with Crippen molar-refractivity contribution in [3.63, 3.8) is 0 Å². The second kappa shape index (κ2) is 9.62. The summed E-state index contributed by atoms with van der Waals surface area (Å²) < 4.78 is 5.48. The lowest BCUT2D eigenvalue weighted by molar-refractivity contribution is 0.0163. The smallest absolute Gasteiger partial charge is 0.410 e. The summed E-state index contributed by atoms with van der Waals surface area (Å²) >= 11 is 0. The molecule has 1 aromatic carbocycles. The predicted molar refractivity (Wildman–Crippen MR) is 111 cm³/mol. The Bertz CT molecular complexity index is 635. The fourth-order valence-corrected chi connectivity index (χ4v) is 3.17. The molecule has 0 saturated carbocycles. The number of aliphatic imine (C=N–C) groups is 1. The van der Waals surface area contributed by atoms with Gasteiger partial charge in [0, 0.05) is 25.3 Å². The van der Waals surface area contributed by atoms with Crippen molar-refractivity contribution in [2.24, 2.45) is 16.6 Å². The van der Waals surface area contributed by atoms with E-state index in [1.165, 1.54) is 5.56 Å². The Morgan fingerprint density at radius 1 is 1.33 bits per heavy atom. The van der Waals surface area contributed by atoms with Crippen molar-refractivity contribution in [1.82, 2.24) is 4.90 Å². The second-order valence-corrected chi connectivity index (χ2v) is 8.17. The maximum Gasteiger partial charge on any atom is 0.410 e. The Hall–Kier alpha value is -2.24. The standard InChI is InChI=1S/C21H34N4O2/c1-5-16-8-10-18(11-9-16)24-19(22)23-13-12-17-7-6-14-25(15-17)20(26)27-21(2,3)4/h8-11,17H,5-7,12-15H2,1-4H3,(H3,22,23,24). The number of ether oxygens (including phenoxy) is 1. The Morgan fingerprint density at radius 3 is 2.67 bits per heavy atom. The van der Waals surface area contributed by atoms with E-state index in [1.54, 1.807) is 0 Å². The molecular weight excluding hydrogens is 340 g/mol. The number of benzene rings is 1. The molecule has 1 aliphatic rings. The number of nitrogens with two attached hydrogens (primary N) is 1. The van der Waals surface area contributed by atoms with Crippen LogP contribution < -0.4 is 11.1 Å². The summed E-state index contributed by atoms with van der Waals surface area (Å²) in [5.41, 5.74) is 7.78. The summed E-state index contributed by atoms with van der Waals surface area (Å²) in [5, 5.41) is 3.13. The normalized spacial score (nSPS) is 18.3. The number of nitrogens with one attached hydrogen (secondary N) is 1. The molecule has 1 aromatic rings. The average Bonchev–Trinajstić information content (AvgIpc) is 2.61. The van der Waals surface area contributed by atoms with Crippen molar-refractivity contribution in [3.05, 3.63) is 29.8 Å². The minimum absolute atomic E-state index is 0.215. The van der Waals surface area contributed by atoms with E-state index >= 15 is 0 Å². The molecule has 1 atom stereocenters. The summed E-state index contributed by atoms with van der Waals surface area (Å²) in [7, 11) is 0. The predicted octanol–water partition coefficient (Wildman–Crippen LogP) is 4.01. The number of nitrogens with zero attached hydrogens (tertiary/aromatic N) is 2. The van der Waals surface area contributed by atoms with Gasteiger partial charge in [0.2, 0.25) is 0 Å². The third kappa shape index (κ3) is 7.49. The van der Waals surface area contributed by atoms with E-state index in [4.69, 9.17) is 10.5 Å². The van der Waals surface area contributed by atoms with Gasteiger partial charge in [-0.3, -0.25) is 4.99 Å². The van der Waals surface area contributed by atoms with Crippen LogP contribution in [0.5, 0.6) is 0 Å². The van der Waals surface area contributed by atoms with Crippen LogP contribution in [0, 0.1) is 5.92 Å². The van der Waals surface area contributed by atoms with Crippen molar-refractivity contribution in [2.45, 2.75) is 59.0 Å². The van der Waals surface area contributed by atoms with Gasteiger partial charge in [-0.15, -0.1) is 0 Å². The number of anilines is 1. The van der Waals surface area contributed by atoms with Crippen LogP contribution in [-0.2, 0) is 11.2 Å². The number of hydrogen-bond donors (Lipinski definition) is 2. The van der Waals surface area contributed by atoms with Crippen molar-refractivity contribution < 1.29 is 9.53 Å². The van der Waals surface area contributed by atoms with Crippen LogP contribution in [0.25, 0.3) is 0 Å². The van der Waals surface area contributed by atoms with Gasteiger partial charge in [0.05, 0.1) is 0 Å². The molecule has 1 heterocycles. The highest BCUT2D eigenvalue weighted by Crippen LogP contribution is 2.21. The number of piperidine rings is 1. The maximum absolute atomic E-state index is 12.2. The van der Waals surface area contributed by atoms with Gasteiger partial charge in [0.25, 0.3) is 0 Å². The van der Waals surface area contributed by atoms with E-state index in [-0.39, 0.29) is 6.09 Å². The van der Waals surface area contributed by atoms with E-state index < -0.39 is 5.60 Å². The average molecular weight is 375 g/mol.